The molecule has 82 valence electrons. The molecule has 0 saturated heterocycles. The molecular formula is C10H9N3O2S. The van der Waals surface area contributed by atoms with E-state index in [1.165, 1.54) is 6.20 Å². The fourth-order valence-corrected chi connectivity index (χ4v) is 1.77. The van der Waals surface area contributed by atoms with Gasteiger partial charge in [0.25, 0.3) is 0 Å². The Kier molecular flexibility index (Phi) is 3.11. The van der Waals surface area contributed by atoms with Crippen molar-refractivity contribution in [2.24, 2.45) is 0 Å². The summed E-state index contributed by atoms with van der Waals surface area (Å²) in [5, 5.41) is 12.3. The number of aromatic nitrogens is 2. The second kappa shape index (κ2) is 4.71. The molecule has 0 aliphatic heterocycles. The second-order valence-electron chi connectivity index (χ2n) is 3.01. The van der Waals surface area contributed by atoms with Crippen LogP contribution in [0.15, 0.2) is 30.6 Å². The maximum absolute atomic E-state index is 10.6. The molecule has 2 heterocycles. The Bertz CT molecular complexity index is 484. The number of carbonyl (C=O) groups is 1. The van der Waals surface area contributed by atoms with Crippen molar-refractivity contribution in [1.29, 1.82) is 0 Å². The molecule has 16 heavy (non-hydrogen) atoms. The van der Waals surface area contributed by atoms with Gasteiger partial charge in [-0.25, -0.2) is 9.78 Å². The predicted octanol–water partition coefficient (Wildman–Crippen LogP) is 1.85. The number of hydrogen-bond acceptors (Lipinski definition) is 5. The molecule has 2 N–H and O–H groups in total. The summed E-state index contributed by atoms with van der Waals surface area (Å²) >= 11 is 1.11. The highest BCUT2D eigenvalue weighted by atomic mass is 32.1. The molecule has 2 aromatic heterocycles. The fourth-order valence-electron chi connectivity index (χ4n) is 1.12. The Morgan fingerprint density at radius 3 is 2.94 bits per heavy atom. The summed E-state index contributed by atoms with van der Waals surface area (Å²) in [6.07, 6.45) is 3.05. The topological polar surface area (TPSA) is 75.1 Å². The number of carboxylic acids is 1. The molecule has 0 unspecified atom stereocenters. The summed E-state index contributed by atoms with van der Waals surface area (Å²) in [5.41, 5.74) is 0.884. The molecule has 2 aromatic rings. The van der Waals surface area contributed by atoms with E-state index in [-0.39, 0.29) is 4.88 Å². The zero-order valence-electron chi connectivity index (χ0n) is 8.25. The van der Waals surface area contributed by atoms with Gasteiger partial charge in [0.2, 0.25) is 0 Å². The van der Waals surface area contributed by atoms with Gasteiger partial charge in [0.05, 0.1) is 18.4 Å². The summed E-state index contributed by atoms with van der Waals surface area (Å²) in [7, 11) is 0. The van der Waals surface area contributed by atoms with Gasteiger partial charge in [-0.05, 0) is 12.1 Å². The Morgan fingerprint density at radius 1 is 1.44 bits per heavy atom. The number of pyridine rings is 1. The Hall–Kier alpha value is -1.95. The van der Waals surface area contributed by atoms with Crippen LogP contribution in [0.2, 0.25) is 0 Å². The van der Waals surface area contributed by atoms with Crippen LogP contribution in [0.3, 0.4) is 0 Å². The van der Waals surface area contributed by atoms with Gasteiger partial charge in [0.15, 0.2) is 5.13 Å². The zero-order chi connectivity index (χ0) is 11.4. The van der Waals surface area contributed by atoms with E-state index in [1.54, 1.807) is 6.20 Å². The molecule has 0 radical (unpaired) electrons. The molecule has 0 fully saturated rings. The fraction of sp³-hybridized carbons (Fsp3) is 0.100. The van der Waals surface area contributed by atoms with Crippen LogP contribution in [0.5, 0.6) is 0 Å². The number of anilines is 1. The first kappa shape index (κ1) is 10.6. The van der Waals surface area contributed by atoms with Gasteiger partial charge in [-0.2, -0.15) is 0 Å². The number of hydrogen-bond donors (Lipinski definition) is 2. The summed E-state index contributed by atoms with van der Waals surface area (Å²) in [6, 6.07) is 5.63. The van der Waals surface area contributed by atoms with E-state index < -0.39 is 5.97 Å². The maximum Gasteiger partial charge on any atom is 0.347 e. The van der Waals surface area contributed by atoms with Crippen LogP contribution in [0, 0.1) is 0 Å². The van der Waals surface area contributed by atoms with Crippen molar-refractivity contribution in [2.45, 2.75) is 6.54 Å². The lowest BCUT2D eigenvalue weighted by molar-refractivity contribution is 0.0702. The monoisotopic (exact) mass is 235 g/mol. The van der Waals surface area contributed by atoms with Crippen LogP contribution in [0.25, 0.3) is 0 Å². The number of nitrogens with one attached hydrogen (secondary N) is 1. The largest absolute Gasteiger partial charge is 0.477 e. The van der Waals surface area contributed by atoms with Crippen LogP contribution in [-0.2, 0) is 6.54 Å². The van der Waals surface area contributed by atoms with Crippen molar-refractivity contribution in [1.82, 2.24) is 9.97 Å². The van der Waals surface area contributed by atoms with Gasteiger partial charge in [-0.15, -0.1) is 0 Å². The Labute approximate surface area is 95.8 Å². The molecule has 0 bridgehead atoms. The summed E-state index contributed by atoms with van der Waals surface area (Å²) in [5.74, 6) is -0.955. The van der Waals surface area contributed by atoms with Crippen molar-refractivity contribution in [2.75, 3.05) is 5.32 Å². The lowest BCUT2D eigenvalue weighted by atomic mass is 10.3. The van der Waals surface area contributed by atoms with Crippen molar-refractivity contribution in [3.63, 3.8) is 0 Å². The third-order valence-corrected chi connectivity index (χ3v) is 2.81. The lowest BCUT2D eigenvalue weighted by Gasteiger charge is -2.00. The molecule has 6 heteroatoms. The van der Waals surface area contributed by atoms with Crippen molar-refractivity contribution in [3.05, 3.63) is 41.2 Å². The minimum absolute atomic E-state index is 0.225. The van der Waals surface area contributed by atoms with Gasteiger partial charge in [0.1, 0.15) is 4.88 Å². The number of aromatic carboxylic acids is 1. The second-order valence-corrected chi connectivity index (χ2v) is 4.04. The van der Waals surface area contributed by atoms with Gasteiger partial charge < -0.3 is 10.4 Å². The van der Waals surface area contributed by atoms with Crippen LogP contribution in [-0.4, -0.2) is 21.0 Å². The predicted molar refractivity (Wildman–Crippen MR) is 60.6 cm³/mol. The van der Waals surface area contributed by atoms with E-state index in [9.17, 15) is 4.79 Å². The standard InChI is InChI=1S/C10H9N3O2S/c14-9(15)8-6-13-10(16-8)12-5-7-3-1-2-4-11-7/h1-4,6H,5H2,(H,12,13)(H,14,15). The van der Waals surface area contributed by atoms with Crippen molar-refractivity contribution in [3.8, 4) is 0 Å². The third-order valence-electron chi connectivity index (χ3n) is 1.86. The van der Waals surface area contributed by atoms with Crippen LogP contribution in [0.1, 0.15) is 15.4 Å². The molecule has 0 saturated carbocycles. The van der Waals surface area contributed by atoms with Gasteiger partial charge in [-0.3, -0.25) is 4.98 Å². The Balaban J connectivity index is 1.97. The highest BCUT2D eigenvalue weighted by Gasteiger charge is 2.07. The zero-order valence-corrected chi connectivity index (χ0v) is 9.07. The first-order chi connectivity index (χ1) is 7.75. The van der Waals surface area contributed by atoms with Gasteiger partial charge in [-0.1, -0.05) is 17.4 Å². The maximum atomic E-state index is 10.6. The van der Waals surface area contributed by atoms with Gasteiger partial charge >= 0.3 is 5.97 Å². The van der Waals surface area contributed by atoms with Crippen molar-refractivity contribution < 1.29 is 9.90 Å². The summed E-state index contributed by atoms with van der Waals surface area (Å²) < 4.78 is 0. The first-order valence-electron chi connectivity index (χ1n) is 4.58. The quantitative estimate of drug-likeness (QED) is 0.845. The molecule has 0 aliphatic carbocycles. The minimum atomic E-state index is -0.955. The molecule has 0 amide bonds. The number of carboxylic acid groups (broad SMARTS) is 1. The molecule has 0 aromatic carbocycles. The van der Waals surface area contributed by atoms with Crippen LogP contribution >= 0.6 is 11.3 Å². The SMILES string of the molecule is O=C(O)c1cnc(NCc2ccccn2)s1. The number of nitrogens with zero attached hydrogens (tertiary/aromatic N) is 2. The number of thiazole rings is 1. The average molecular weight is 235 g/mol. The lowest BCUT2D eigenvalue weighted by Crippen LogP contribution is -2.00. The minimum Gasteiger partial charge on any atom is -0.477 e. The van der Waals surface area contributed by atoms with Crippen LogP contribution in [0.4, 0.5) is 5.13 Å². The van der Waals surface area contributed by atoms with E-state index in [2.05, 4.69) is 15.3 Å². The highest BCUT2D eigenvalue weighted by molar-refractivity contribution is 7.17. The van der Waals surface area contributed by atoms with E-state index in [4.69, 9.17) is 5.11 Å². The van der Waals surface area contributed by atoms with E-state index in [0.717, 1.165) is 17.0 Å². The van der Waals surface area contributed by atoms with E-state index in [1.807, 2.05) is 18.2 Å². The molecule has 0 atom stereocenters. The summed E-state index contributed by atoms with van der Waals surface area (Å²) in [6.45, 7) is 0.535. The highest BCUT2D eigenvalue weighted by Crippen LogP contribution is 2.18. The molecule has 5 nitrogen and oxygen atoms in total. The smallest absolute Gasteiger partial charge is 0.347 e. The number of rotatable bonds is 4. The third kappa shape index (κ3) is 2.54. The molecule has 2 rings (SSSR count). The van der Waals surface area contributed by atoms with Gasteiger partial charge in [0, 0.05) is 6.20 Å². The van der Waals surface area contributed by atoms with E-state index in [0.29, 0.717) is 11.7 Å². The molecule has 0 spiro atoms. The normalized spacial score (nSPS) is 10.0. The summed E-state index contributed by atoms with van der Waals surface area (Å²) in [4.78, 5) is 18.9. The first-order valence-corrected chi connectivity index (χ1v) is 5.40. The molecular weight excluding hydrogens is 226 g/mol. The molecule has 0 aliphatic rings. The van der Waals surface area contributed by atoms with E-state index >= 15 is 0 Å². The van der Waals surface area contributed by atoms with Crippen molar-refractivity contribution >= 4 is 22.4 Å². The van der Waals surface area contributed by atoms with Crippen LogP contribution < -0.4 is 5.32 Å². The Morgan fingerprint density at radius 2 is 2.31 bits per heavy atom. The average Bonchev–Trinajstić information content (AvgIpc) is 2.76.